The van der Waals surface area contributed by atoms with Gasteiger partial charge in [0.25, 0.3) is 0 Å². The Kier molecular flexibility index (Phi) is 8.04. The summed E-state index contributed by atoms with van der Waals surface area (Å²) < 4.78 is 30.2. The molecule has 0 saturated heterocycles. The molecule has 142 valence electrons. The third kappa shape index (κ3) is 5.27. The van der Waals surface area contributed by atoms with Gasteiger partial charge in [-0.3, -0.25) is 0 Å². The largest absolute Gasteiger partial charge is 0.491 e. The summed E-state index contributed by atoms with van der Waals surface area (Å²) in [6.45, 7) is 4.94. The van der Waals surface area contributed by atoms with Gasteiger partial charge >= 0.3 is 0 Å². The third-order valence-electron chi connectivity index (χ3n) is 4.10. The van der Waals surface area contributed by atoms with Gasteiger partial charge < -0.3 is 14.2 Å². The van der Waals surface area contributed by atoms with Crippen molar-refractivity contribution in [2.24, 2.45) is 0 Å². The fourth-order valence-electron chi connectivity index (χ4n) is 2.59. The van der Waals surface area contributed by atoms with E-state index in [1.807, 2.05) is 13.0 Å². The van der Waals surface area contributed by atoms with Gasteiger partial charge in [-0.2, -0.15) is 0 Å². The van der Waals surface area contributed by atoms with Gasteiger partial charge in [-0.15, -0.1) is 0 Å². The van der Waals surface area contributed by atoms with Crippen LogP contribution in [0.2, 0.25) is 5.02 Å². The average Bonchev–Trinajstić information content (AvgIpc) is 2.63. The fraction of sp³-hybridized carbons (Fsp3) is 0.400. The maximum Gasteiger partial charge on any atom is 0.205 e. The van der Waals surface area contributed by atoms with Crippen molar-refractivity contribution >= 4 is 27.5 Å². The molecule has 26 heavy (non-hydrogen) atoms. The van der Waals surface area contributed by atoms with Crippen molar-refractivity contribution in [2.45, 2.75) is 26.2 Å². The lowest BCUT2D eigenvalue weighted by Crippen LogP contribution is -2.07. The summed E-state index contributed by atoms with van der Waals surface area (Å²) >= 11 is 9.70. The molecule has 2 rings (SSSR count). The lowest BCUT2D eigenvalue weighted by Gasteiger charge is -2.19. The van der Waals surface area contributed by atoms with Crippen LogP contribution in [0, 0.1) is 12.7 Å². The molecule has 0 aliphatic rings. The zero-order valence-corrected chi connectivity index (χ0v) is 17.5. The second kappa shape index (κ2) is 10.0. The topological polar surface area (TPSA) is 27.7 Å². The summed E-state index contributed by atoms with van der Waals surface area (Å²) in [6.07, 6.45) is 0.762. The molecule has 0 radical (unpaired) electrons. The number of aryl methyl sites for hydroxylation is 1. The molecule has 0 aromatic heterocycles. The van der Waals surface area contributed by atoms with Crippen LogP contribution in [-0.2, 0) is 0 Å². The summed E-state index contributed by atoms with van der Waals surface area (Å²) in [7, 11) is 1.56. The SMILES string of the molecule is COc1c(Cl)c(C)cc(OCCBr)c1OCCC(C)c1ccc(F)cc1. The summed E-state index contributed by atoms with van der Waals surface area (Å²) in [5, 5.41) is 1.22. The summed E-state index contributed by atoms with van der Waals surface area (Å²) in [4.78, 5) is 0. The van der Waals surface area contributed by atoms with Crippen molar-refractivity contribution in [3.05, 3.63) is 52.3 Å². The van der Waals surface area contributed by atoms with Crippen LogP contribution in [0.5, 0.6) is 17.2 Å². The Hall–Kier alpha value is -1.46. The minimum Gasteiger partial charge on any atom is -0.491 e. The highest BCUT2D eigenvalue weighted by molar-refractivity contribution is 9.09. The zero-order valence-electron chi connectivity index (χ0n) is 15.2. The average molecular weight is 446 g/mol. The number of halogens is 3. The maximum atomic E-state index is 13.1. The molecule has 0 aliphatic heterocycles. The molecule has 0 saturated carbocycles. The lowest BCUT2D eigenvalue weighted by atomic mass is 9.98. The molecule has 2 aromatic rings. The fourth-order valence-corrected chi connectivity index (χ4v) is 2.97. The number of hydrogen-bond donors (Lipinski definition) is 0. The van der Waals surface area contributed by atoms with Gasteiger partial charge in [0.2, 0.25) is 5.75 Å². The molecule has 0 bridgehead atoms. The van der Waals surface area contributed by atoms with E-state index in [-0.39, 0.29) is 11.7 Å². The van der Waals surface area contributed by atoms with Crippen LogP contribution >= 0.6 is 27.5 Å². The second-order valence-electron chi connectivity index (χ2n) is 6.00. The van der Waals surface area contributed by atoms with Crippen LogP contribution in [0.15, 0.2) is 30.3 Å². The number of benzene rings is 2. The highest BCUT2D eigenvalue weighted by atomic mass is 79.9. The molecule has 0 fully saturated rings. The predicted octanol–water partition coefficient (Wildman–Crippen LogP) is 6.14. The van der Waals surface area contributed by atoms with Crippen molar-refractivity contribution in [1.29, 1.82) is 0 Å². The first kappa shape index (κ1) is 20.8. The van der Waals surface area contributed by atoms with Crippen molar-refractivity contribution in [3.63, 3.8) is 0 Å². The van der Waals surface area contributed by atoms with E-state index in [1.54, 1.807) is 19.2 Å². The highest BCUT2D eigenvalue weighted by Crippen LogP contribution is 2.45. The van der Waals surface area contributed by atoms with Crippen molar-refractivity contribution in [3.8, 4) is 17.2 Å². The van der Waals surface area contributed by atoms with Crippen LogP contribution < -0.4 is 14.2 Å². The van der Waals surface area contributed by atoms with E-state index >= 15 is 0 Å². The Morgan fingerprint density at radius 1 is 1.12 bits per heavy atom. The predicted molar refractivity (Wildman–Crippen MR) is 107 cm³/mol. The van der Waals surface area contributed by atoms with Crippen LogP contribution in [0.3, 0.4) is 0 Å². The monoisotopic (exact) mass is 444 g/mol. The van der Waals surface area contributed by atoms with Crippen LogP contribution in [-0.4, -0.2) is 25.7 Å². The first-order valence-corrected chi connectivity index (χ1v) is 9.92. The van der Waals surface area contributed by atoms with Gasteiger partial charge in [0.15, 0.2) is 11.5 Å². The number of rotatable bonds is 9. The Labute approximate surface area is 167 Å². The zero-order chi connectivity index (χ0) is 19.1. The molecule has 1 unspecified atom stereocenters. The maximum absolute atomic E-state index is 13.1. The smallest absolute Gasteiger partial charge is 0.205 e. The minimum atomic E-state index is -0.232. The van der Waals surface area contributed by atoms with Gasteiger partial charge in [0, 0.05) is 5.33 Å². The molecular weight excluding hydrogens is 423 g/mol. The van der Waals surface area contributed by atoms with Gasteiger partial charge in [0.1, 0.15) is 5.82 Å². The minimum absolute atomic E-state index is 0.231. The quantitative estimate of drug-likeness (QED) is 0.434. The molecule has 0 aliphatic carbocycles. The van der Waals surface area contributed by atoms with Gasteiger partial charge in [-0.25, -0.2) is 4.39 Å². The second-order valence-corrected chi connectivity index (χ2v) is 7.17. The number of hydrogen-bond acceptors (Lipinski definition) is 3. The van der Waals surface area contributed by atoms with Crippen LogP contribution in [0.1, 0.15) is 30.4 Å². The summed E-state index contributed by atoms with van der Waals surface area (Å²) in [5.74, 6) is 1.60. The summed E-state index contributed by atoms with van der Waals surface area (Å²) in [6, 6.07) is 8.40. The van der Waals surface area contributed by atoms with E-state index in [0.29, 0.717) is 40.8 Å². The first-order chi connectivity index (χ1) is 12.5. The molecule has 0 spiro atoms. The molecule has 0 amide bonds. The van der Waals surface area contributed by atoms with Crippen molar-refractivity contribution in [1.82, 2.24) is 0 Å². The van der Waals surface area contributed by atoms with E-state index in [4.69, 9.17) is 25.8 Å². The standard InChI is InChI=1S/C20H23BrClFO3/c1-13(15-4-6-16(23)7-5-15)8-10-26-19-17(25-11-9-21)12-14(2)18(22)20(19)24-3/h4-7,12-13H,8-11H2,1-3H3. The van der Waals surface area contributed by atoms with E-state index in [9.17, 15) is 4.39 Å². The normalized spacial score (nSPS) is 11.9. The van der Waals surface area contributed by atoms with Gasteiger partial charge in [-0.05, 0) is 48.6 Å². The first-order valence-electron chi connectivity index (χ1n) is 8.42. The number of ether oxygens (including phenoxy) is 3. The van der Waals surface area contributed by atoms with Crippen molar-refractivity contribution in [2.75, 3.05) is 25.7 Å². The van der Waals surface area contributed by atoms with Crippen LogP contribution in [0.25, 0.3) is 0 Å². The lowest BCUT2D eigenvalue weighted by molar-refractivity contribution is 0.255. The Morgan fingerprint density at radius 3 is 2.42 bits per heavy atom. The van der Waals surface area contributed by atoms with Gasteiger partial charge in [-0.1, -0.05) is 46.6 Å². The Balaban J connectivity index is 2.11. The molecule has 0 N–H and O–H groups in total. The van der Waals surface area contributed by atoms with E-state index in [1.165, 1.54) is 12.1 Å². The highest BCUT2D eigenvalue weighted by Gasteiger charge is 2.19. The number of methoxy groups -OCH3 is 1. The van der Waals surface area contributed by atoms with E-state index in [2.05, 4.69) is 22.9 Å². The van der Waals surface area contributed by atoms with E-state index < -0.39 is 0 Å². The summed E-state index contributed by atoms with van der Waals surface area (Å²) in [5.41, 5.74) is 1.93. The van der Waals surface area contributed by atoms with Gasteiger partial charge in [0.05, 0.1) is 25.3 Å². The number of alkyl halides is 1. The molecule has 2 aromatic carbocycles. The molecule has 0 heterocycles. The third-order valence-corrected chi connectivity index (χ3v) is 4.89. The molecule has 1 atom stereocenters. The molecule has 6 heteroatoms. The Bertz CT molecular complexity index is 722. The van der Waals surface area contributed by atoms with E-state index in [0.717, 1.165) is 17.5 Å². The van der Waals surface area contributed by atoms with Crippen molar-refractivity contribution < 1.29 is 18.6 Å². The van der Waals surface area contributed by atoms with Crippen LogP contribution in [0.4, 0.5) is 4.39 Å². The Morgan fingerprint density at radius 2 is 1.81 bits per heavy atom. The molecular formula is C20H23BrClFO3. The molecule has 3 nitrogen and oxygen atoms in total.